The number of nitrogens with zero attached hydrogens (tertiary/aromatic N) is 3. The Morgan fingerprint density at radius 1 is 1.25 bits per heavy atom. The molecular weight excluding hydrogens is 360 g/mol. The third-order valence-electron chi connectivity index (χ3n) is 4.49. The smallest absolute Gasteiger partial charge is 0.273 e. The van der Waals surface area contributed by atoms with Crippen molar-refractivity contribution in [1.29, 1.82) is 0 Å². The molecule has 0 fully saturated rings. The fourth-order valence-corrected chi connectivity index (χ4v) is 2.96. The van der Waals surface area contributed by atoms with Crippen LogP contribution < -0.4 is 5.32 Å². The number of non-ortho nitro benzene ring substituents is 1. The number of hydrogen-bond acceptors (Lipinski definition) is 6. The number of carbonyl (C=O) groups is 1. The maximum absolute atomic E-state index is 12.1. The van der Waals surface area contributed by atoms with Crippen LogP contribution in [-0.4, -0.2) is 27.3 Å². The largest absolute Gasteiger partial charge is 0.436 e. The van der Waals surface area contributed by atoms with Crippen LogP contribution in [0.2, 0.25) is 0 Å². The highest BCUT2D eigenvalue weighted by atomic mass is 16.6. The minimum absolute atomic E-state index is 0.0284. The molecular formula is C20H16N4O4. The number of benzene rings is 1. The van der Waals surface area contributed by atoms with Crippen LogP contribution in [-0.2, 0) is 0 Å². The Bertz CT molecular complexity index is 1120. The van der Waals surface area contributed by atoms with E-state index < -0.39 is 4.92 Å². The number of amides is 1. The highest BCUT2D eigenvalue weighted by Gasteiger charge is 2.17. The lowest BCUT2D eigenvalue weighted by Crippen LogP contribution is -2.26. The monoisotopic (exact) mass is 376 g/mol. The van der Waals surface area contributed by atoms with Gasteiger partial charge < -0.3 is 9.73 Å². The molecule has 0 aliphatic heterocycles. The molecule has 8 heteroatoms. The summed E-state index contributed by atoms with van der Waals surface area (Å²) in [6.45, 7) is 0.456. The molecule has 0 radical (unpaired) electrons. The first kappa shape index (κ1) is 17.6. The Morgan fingerprint density at radius 2 is 2.14 bits per heavy atom. The van der Waals surface area contributed by atoms with Crippen molar-refractivity contribution in [2.45, 2.75) is 12.8 Å². The van der Waals surface area contributed by atoms with E-state index in [2.05, 4.69) is 15.3 Å². The average molecular weight is 376 g/mol. The number of allylic oxidation sites excluding steroid dienone is 3. The van der Waals surface area contributed by atoms with Gasteiger partial charge in [0.1, 0.15) is 5.52 Å². The first-order valence-corrected chi connectivity index (χ1v) is 8.72. The molecule has 0 bridgehead atoms. The van der Waals surface area contributed by atoms with Gasteiger partial charge >= 0.3 is 0 Å². The molecule has 4 rings (SSSR count). The van der Waals surface area contributed by atoms with Crippen LogP contribution in [0, 0.1) is 10.1 Å². The lowest BCUT2D eigenvalue weighted by molar-refractivity contribution is -0.384. The summed E-state index contributed by atoms with van der Waals surface area (Å²) in [5.74, 6) is 0.300. The molecule has 3 aromatic rings. The minimum atomic E-state index is -0.462. The van der Waals surface area contributed by atoms with E-state index in [0.717, 1.165) is 17.6 Å². The number of pyridine rings is 1. The fourth-order valence-electron chi connectivity index (χ4n) is 2.96. The Labute approximate surface area is 159 Å². The Balaban J connectivity index is 1.45. The summed E-state index contributed by atoms with van der Waals surface area (Å²) in [7, 11) is 0. The number of oxazole rings is 1. The zero-order valence-corrected chi connectivity index (χ0v) is 14.8. The minimum Gasteiger partial charge on any atom is -0.436 e. The zero-order valence-electron chi connectivity index (χ0n) is 14.8. The highest BCUT2D eigenvalue weighted by Crippen LogP contribution is 2.30. The Kier molecular flexibility index (Phi) is 4.67. The first-order chi connectivity index (χ1) is 13.6. The second-order valence-electron chi connectivity index (χ2n) is 6.37. The van der Waals surface area contributed by atoms with Crippen LogP contribution in [0.5, 0.6) is 0 Å². The summed E-state index contributed by atoms with van der Waals surface area (Å²) in [5.41, 5.74) is 3.48. The Hall–Kier alpha value is -3.81. The molecule has 0 saturated heterocycles. The van der Waals surface area contributed by atoms with Crippen molar-refractivity contribution in [3.05, 3.63) is 82.0 Å². The number of nitrogens with one attached hydrogen (secondary N) is 1. The van der Waals surface area contributed by atoms with Gasteiger partial charge in [-0.05, 0) is 31.0 Å². The van der Waals surface area contributed by atoms with Gasteiger partial charge in [-0.3, -0.25) is 19.9 Å². The standard InChI is InChI=1S/C20H16N4O4/c25-19(15-2-1-9-21-12-15)22-11-13-3-5-14(6-4-13)20-23-17-8-7-16(24(26)27)10-18(17)28-20/h1-3,5,7-10,12H,4,6,11H2,(H,22,25). The van der Waals surface area contributed by atoms with Gasteiger partial charge in [0.05, 0.1) is 16.6 Å². The summed E-state index contributed by atoms with van der Waals surface area (Å²) in [4.78, 5) is 30.8. The van der Waals surface area contributed by atoms with Gasteiger partial charge in [0.15, 0.2) is 5.58 Å². The Morgan fingerprint density at radius 3 is 2.86 bits per heavy atom. The van der Waals surface area contributed by atoms with Crippen molar-refractivity contribution in [1.82, 2.24) is 15.3 Å². The molecule has 2 heterocycles. The topological polar surface area (TPSA) is 111 Å². The van der Waals surface area contributed by atoms with E-state index >= 15 is 0 Å². The number of fused-ring (bicyclic) bond motifs is 1. The van der Waals surface area contributed by atoms with Crippen LogP contribution in [0.4, 0.5) is 5.69 Å². The average Bonchev–Trinajstić information content (AvgIpc) is 3.16. The third kappa shape index (κ3) is 3.66. The van der Waals surface area contributed by atoms with Crippen molar-refractivity contribution in [3.63, 3.8) is 0 Å². The second kappa shape index (κ2) is 7.43. The van der Waals surface area contributed by atoms with E-state index in [-0.39, 0.29) is 11.6 Å². The predicted molar refractivity (Wildman–Crippen MR) is 103 cm³/mol. The summed E-state index contributed by atoms with van der Waals surface area (Å²) in [6.07, 6.45) is 8.48. The summed E-state index contributed by atoms with van der Waals surface area (Å²) >= 11 is 0. The molecule has 140 valence electrons. The quantitative estimate of drug-likeness (QED) is 0.537. The number of aromatic nitrogens is 2. The van der Waals surface area contributed by atoms with Crippen LogP contribution >= 0.6 is 0 Å². The van der Waals surface area contributed by atoms with Gasteiger partial charge in [-0.2, -0.15) is 0 Å². The van der Waals surface area contributed by atoms with Crippen LogP contribution in [0.15, 0.2) is 64.9 Å². The molecule has 1 amide bonds. The van der Waals surface area contributed by atoms with E-state index in [9.17, 15) is 14.9 Å². The molecule has 0 spiro atoms. The third-order valence-corrected chi connectivity index (χ3v) is 4.49. The van der Waals surface area contributed by atoms with Gasteiger partial charge in [0, 0.05) is 30.6 Å². The van der Waals surface area contributed by atoms with Crippen molar-refractivity contribution >= 4 is 28.3 Å². The predicted octanol–water partition coefficient (Wildman–Crippen LogP) is 3.66. The molecule has 2 aromatic heterocycles. The van der Waals surface area contributed by atoms with Gasteiger partial charge in [-0.25, -0.2) is 4.98 Å². The van der Waals surface area contributed by atoms with Crippen LogP contribution in [0.25, 0.3) is 16.7 Å². The van der Waals surface area contributed by atoms with Crippen molar-refractivity contribution in [2.24, 2.45) is 0 Å². The van der Waals surface area contributed by atoms with Crippen LogP contribution in [0.1, 0.15) is 29.1 Å². The van der Waals surface area contributed by atoms with E-state index in [1.54, 1.807) is 24.4 Å². The normalized spacial score (nSPS) is 13.7. The van der Waals surface area contributed by atoms with E-state index in [1.165, 1.54) is 18.3 Å². The van der Waals surface area contributed by atoms with Gasteiger partial charge in [0.2, 0.25) is 5.89 Å². The molecule has 0 saturated carbocycles. The summed E-state index contributed by atoms with van der Waals surface area (Å²) < 4.78 is 5.70. The number of carbonyl (C=O) groups excluding carboxylic acids is 1. The number of nitro groups is 1. The summed E-state index contributed by atoms with van der Waals surface area (Å²) in [6, 6.07) is 7.81. The molecule has 1 aliphatic carbocycles. The maximum atomic E-state index is 12.1. The van der Waals surface area contributed by atoms with Crippen LogP contribution in [0.3, 0.4) is 0 Å². The summed E-state index contributed by atoms with van der Waals surface area (Å²) in [5, 5.41) is 13.8. The van der Waals surface area contributed by atoms with Gasteiger partial charge in [-0.15, -0.1) is 0 Å². The van der Waals surface area contributed by atoms with E-state index in [4.69, 9.17) is 4.42 Å². The molecule has 1 aliphatic rings. The second-order valence-corrected chi connectivity index (χ2v) is 6.37. The van der Waals surface area contributed by atoms with E-state index in [1.807, 2.05) is 12.2 Å². The lowest BCUT2D eigenvalue weighted by atomic mass is 9.98. The van der Waals surface area contributed by atoms with Crippen molar-refractivity contribution in [3.8, 4) is 0 Å². The molecule has 0 atom stereocenters. The molecule has 1 N–H and O–H groups in total. The lowest BCUT2D eigenvalue weighted by Gasteiger charge is -2.13. The molecule has 8 nitrogen and oxygen atoms in total. The number of hydrogen-bond donors (Lipinski definition) is 1. The molecule has 1 aromatic carbocycles. The zero-order chi connectivity index (χ0) is 19.5. The molecule has 28 heavy (non-hydrogen) atoms. The van der Waals surface area contributed by atoms with Crippen molar-refractivity contribution < 1.29 is 14.1 Å². The van der Waals surface area contributed by atoms with Crippen molar-refractivity contribution in [2.75, 3.05) is 6.54 Å². The number of rotatable bonds is 5. The maximum Gasteiger partial charge on any atom is 0.273 e. The SMILES string of the molecule is O=C(NCC1=CC=C(c2nc3ccc([N+](=O)[O-])cc3o2)CC1)c1cccnc1. The highest BCUT2D eigenvalue weighted by molar-refractivity contribution is 5.93. The van der Waals surface area contributed by atoms with Gasteiger partial charge in [-0.1, -0.05) is 17.7 Å². The van der Waals surface area contributed by atoms with E-state index in [0.29, 0.717) is 35.5 Å². The fraction of sp³-hybridized carbons (Fsp3) is 0.150. The molecule has 0 unspecified atom stereocenters. The first-order valence-electron chi connectivity index (χ1n) is 8.72. The van der Waals surface area contributed by atoms with Gasteiger partial charge in [0.25, 0.3) is 11.6 Å². The number of nitro benzene ring substituents is 1.